The second-order valence-corrected chi connectivity index (χ2v) is 5.06. The van der Waals surface area contributed by atoms with E-state index in [0.29, 0.717) is 5.11 Å². The van der Waals surface area contributed by atoms with Crippen LogP contribution in [-0.2, 0) is 0 Å². The lowest BCUT2D eigenvalue weighted by molar-refractivity contribution is 0.0939. The van der Waals surface area contributed by atoms with Crippen molar-refractivity contribution in [3.8, 4) is 0 Å². The van der Waals surface area contributed by atoms with E-state index in [-0.39, 0.29) is 5.56 Å². The highest BCUT2D eigenvalue weighted by atomic mass is 32.2. The normalized spacial score (nSPS) is 9.79. The van der Waals surface area contributed by atoms with Crippen LogP contribution in [0.5, 0.6) is 0 Å². The van der Waals surface area contributed by atoms with Crippen molar-refractivity contribution in [2.24, 2.45) is 0 Å². The zero-order valence-electron chi connectivity index (χ0n) is 10.5. The first-order valence-electron chi connectivity index (χ1n) is 5.73. The molecule has 0 spiro atoms. The highest BCUT2D eigenvalue weighted by Crippen LogP contribution is 2.05. The van der Waals surface area contributed by atoms with E-state index in [2.05, 4.69) is 16.2 Å². The maximum Gasteiger partial charge on any atom is 0.272 e. The fourth-order valence-corrected chi connectivity index (χ4v) is 1.87. The van der Waals surface area contributed by atoms with Gasteiger partial charge in [0.1, 0.15) is 5.82 Å². The van der Waals surface area contributed by atoms with Crippen molar-refractivity contribution < 1.29 is 9.18 Å². The number of rotatable bonds is 5. The maximum absolute atomic E-state index is 13.3. The van der Waals surface area contributed by atoms with Gasteiger partial charge in [0.2, 0.25) is 0 Å². The van der Waals surface area contributed by atoms with E-state index >= 15 is 0 Å². The monoisotopic (exact) mass is 301 g/mol. The summed E-state index contributed by atoms with van der Waals surface area (Å²) in [5, 5.41) is 3.25. The van der Waals surface area contributed by atoms with Gasteiger partial charge in [0.25, 0.3) is 5.91 Å². The number of thioether (sulfide) groups is 1. The minimum Gasteiger partial charge on any atom is -0.361 e. The fraction of sp³-hybridized carbons (Fsp3) is 0.333. The van der Waals surface area contributed by atoms with Gasteiger partial charge >= 0.3 is 0 Å². The van der Waals surface area contributed by atoms with Crippen LogP contribution >= 0.6 is 24.0 Å². The highest BCUT2D eigenvalue weighted by Gasteiger charge is 2.10. The molecule has 1 amide bonds. The number of nitrogens with one attached hydrogen (secondary N) is 3. The molecule has 0 unspecified atom stereocenters. The Morgan fingerprint density at radius 1 is 1.37 bits per heavy atom. The number of thiocarbonyl (C=S) groups is 1. The summed E-state index contributed by atoms with van der Waals surface area (Å²) in [4.78, 5) is 11.6. The molecule has 0 aliphatic carbocycles. The number of amides is 1. The second-order valence-electron chi connectivity index (χ2n) is 3.66. The van der Waals surface area contributed by atoms with Crippen LogP contribution in [0, 0.1) is 5.82 Å². The third-order valence-electron chi connectivity index (χ3n) is 2.22. The van der Waals surface area contributed by atoms with E-state index in [1.807, 2.05) is 6.26 Å². The van der Waals surface area contributed by atoms with Gasteiger partial charge in [-0.1, -0.05) is 12.1 Å². The Balaban J connectivity index is 2.30. The van der Waals surface area contributed by atoms with Crippen LogP contribution in [0.4, 0.5) is 4.39 Å². The Morgan fingerprint density at radius 3 is 2.79 bits per heavy atom. The molecule has 0 radical (unpaired) electrons. The quantitative estimate of drug-likeness (QED) is 0.439. The van der Waals surface area contributed by atoms with Gasteiger partial charge in [-0.05, 0) is 42.8 Å². The highest BCUT2D eigenvalue weighted by molar-refractivity contribution is 7.98. The summed E-state index contributed by atoms with van der Waals surface area (Å²) in [5.41, 5.74) is 4.85. The van der Waals surface area contributed by atoms with Gasteiger partial charge in [0, 0.05) is 6.54 Å². The summed E-state index contributed by atoms with van der Waals surface area (Å²) in [5.74, 6) is -0.0935. The Kier molecular flexibility index (Phi) is 7.20. The first-order valence-corrected chi connectivity index (χ1v) is 7.53. The van der Waals surface area contributed by atoms with Gasteiger partial charge in [0.05, 0.1) is 5.56 Å². The fourth-order valence-electron chi connectivity index (χ4n) is 1.29. The van der Waals surface area contributed by atoms with Gasteiger partial charge < -0.3 is 5.32 Å². The van der Waals surface area contributed by atoms with Crippen molar-refractivity contribution >= 4 is 35.0 Å². The van der Waals surface area contributed by atoms with Gasteiger partial charge in [-0.25, -0.2) is 4.39 Å². The van der Waals surface area contributed by atoms with Crippen LogP contribution in [0.3, 0.4) is 0 Å². The number of hydrogen-bond donors (Lipinski definition) is 3. The lowest BCUT2D eigenvalue weighted by Crippen LogP contribution is -2.47. The average Bonchev–Trinajstić information content (AvgIpc) is 2.41. The van der Waals surface area contributed by atoms with E-state index < -0.39 is 11.7 Å². The minimum absolute atomic E-state index is 0.0276. The molecule has 0 fully saturated rings. The van der Waals surface area contributed by atoms with E-state index in [0.717, 1.165) is 18.7 Å². The van der Waals surface area contributed by atoms with E-state index in [4.69, 9.17) is 12.2 Å². The number of carbonyl (C=O) groups excluding carboxylic acids is 1. The predicted octanol–water partition coefficient (Wildman–Crippen LogP) is 1.69. The van der Waals surface area contributed by atoms with Gasteiger partial charge in [-0.2, -0.15) is 11.8 Å². The van der Waals surface area contributed by atoms with Crippen molar-refractivity contribution in [1.29, 1.82) is 0 Å². The van der Waals surface area contributed by atoms with Crippen LogP contribution in [0.15, 0.2) is 24.3 Å². The summed E-state index contributed by atoms with van der Waals surface area (Å²) in [6.45, 7) is 0.724. The third kappa shape index (κ3) is 5.89. The molecule has 0 atom stereocenters. The average molecular weight is 301 g/mol. The van der Waals surface area contributed by atoms with Crippen LogP contribution in [0.2, 0.25) is 0 Å². The van der Waals surface area contributed by atoms with Crippen LogP contribution in [0.25, 0.3) is 0 Å². The molecule has 19 heavy (non-hydrogen) atoms. The topological polar surface area (TPSA) is 53.2 Å². The van der Waals surface area contributed by atoms with Crippen molar-refractivity contribution in [3.05, 3.63) is 35.6 Å². The Hall–Kier alpha value is -1.34. The zero-order chi connectivity index (χ0) is 14.1. The zero-order valence-corrected chi connectivity index (χ0v) is 12.2. The molecule has 3 N–H and O–H groups in total. The van der Waals surface area contributed by atoms with Gasteiger partial charge in [-0.15, -0.1) is 0 Å². The first kappa shape index (κ1) is 15.7. The summed E-state index contributed by atoms with van der Waals surface area (Å²) in [7, 11) is 0. The van der Waals surface area contributed by atoms with Crippen molar-refractivity contribution in [2.75, 3.05) is 18.6 Å². The Labute approximate surface area is 121 Å². The summed E-state index contributed by atoms with van der Waals surface area (Å²) in [6.07, 6.45) is 3.01. The molecule has 1 aromatic rings. The molecule has 1 rings (SSSR count). The van der Waals surface area contributed by atoms with Crippen LogP contribution < -0.4 is 16.2 Å². The lowest BCUT2D eigenvalue weighted by Gasteiger charge is -2.11. The first-order chi connectivity index (χ1) is 9.15. The molecule has 4 nitrogen and oxygen atoms in total. The number of hydrogen-bond acceptors (Lipinski definition) is 3. The van der Waals surface area contributed by atoms with Crippen molar-refractivity contribution in [3.63, 3.8) is 0 Å². The Morgan fingerprint density at radius 2 is 2.11 bits per heavy atom. The number of carbonyl (C=O) groups is 1. The smallest absolute Gasteiger partial charge is 0.272 e. The van der Waals surface area contributed by atoms with Crippen molar-refractivity contribution in [2.45, 2.75) is 6.42 Å². The van der Waals surface area contributed by atoms with Crippen LogP contribution in [0.1, 0.15) is 16.8 Å². The van der Waals surface area contributed by atoms with Crippen molar-refractivity contribution in [1.82, 2.24) is 16.2 Å². The molecular weight excluding hydrogens is 285 g/mol. The minimum atomic E-state index is -0.569. The molecule has 0 saturated carbocycles. The summed E-state index contributed by atoms with van der Waals surface area (Å²) < 4.78 is 13.3. The molecule has 0 heterocycles. The molecule has 7 heteroatoms. The molecule has 0 aromatic heterocycles. The SMILES string of the molecule is CSCCCNC(=S)NNC(=O)c1ccccc1F. The Bertz CT molecular complexity index is 443. The standard InChI is InChI=1S/C12H16FN3OS2/c1-19-8-4-7-14-12(18)16-15-11(17)9-5-2-3-6-10(9)13/h2-3,5-6H,4,7-8H2,1H3,(H,15,17)(H2,14,16,18). The maximum atomic E-state index is 13.3. The van der Waals surface area contributed by atoms with E-state index in [1.54, 1.807) is 17.8 Å². The molecule has 0 aliphatic heterocycles. The number of benzene rings is 1. The summed E-state index contributed by atoms with van der Waals surface area (Å²) >= 11 is 6.72. The third-order valence-corrected chi connectivity index (χ3v) is 3.16. The molecule has 104 valence electrons. The van der Waals surface area contributed by atoms with Gasteiger partial charge in [-0.3, -0.25) is 15.6 Å². The molecule has 0 saturated heterocycles. The largest absolute Gasteiger partial charge is 0.361 e. The number of halogens is 1. The predicted molar refractivity (Wildman–Crippen MR) is 80.6 cm³/mol. The van der Waals surface area contributed by atoms with E-state index in [1.165, 1.54) is 18.2 Å². The molecule has 0 aliphatic rings. The van der Waals surface area contributed by atoms with Gasteiger partial charge in [0.15, 0.2) is 5.11 Å². The second kappa shape index (κ2) is 8.71. The number of hydrazine groups is 1. The lowest BCUT2D eigenvalue weighted by atomic mass is 10.2. The molecular formula is C12H16FN3OS2. The summed E-state index contributed by atoms with van der Waals surface area (Å²) in [6, 6.07) is 5.75. The molecule has 1 aromatic carbocycles. The van der Waals surface area contributed by atoms with Crippen LogP contribution in [-0.4, -0.2) is 29.6 Å². The van der Waals surface area contributed by atoms with E-state index in [9.17, 15) is 9.18 Å². The molecule has 0 bridgehead atoms.